The lowest BCUT2D eigenvalue weighted by atomic mass is 9.93. The van der Waals surface area contributed by atoms with Gasteiger partial charge in [0.1, 0.15) is 11.4 Å². The predicted octanol–water partition coefficient (Wildman–Crippen LogP) is 3.32. The van der Waals surface area contributed by atoms with Crippen LogP contribution < -0.4 is 0 Å². The quantitative estimate of drug-likeness (QED) is 0.622. The fraction of sp³-hybridized carbons (Fsp3) is 0.188. The van der Waals surface area contributed by atoms with Crippen LogP contribution in [0.3, 0.4) is 0 Å². The number of rotatable bonds is 3. The standard InChI is InChI=1S/C16H13FO2/c1-16(12-5-3-2-4-6-12)15(19-16)14(18)11-7-9-13(17)10-8-11/h2-10,15H,1H3. The fourth-order valence-electron chi connectivity index (χ4n) is 2.27. The number of benzene rings is 2. The molecule has 1 aliphatic rings. The Morgan fingerprint density at radius 1 is 1.11 bits per heavy atom. The molecule has 0 aromatic heterocycles. The van der Waals surface area contributed by atoms with Gasteiger partial charge in [0.05, 0.1) is 0 Å². The third kappa shape index (κ3) is 2.06. The molecule has 1 aliphatic heterocycles. The van der Waals surface area contributed by atoms with Crippen molar-refractivity contribution in [3.8, 4) is 0 Å². The first-order valence-corrected chi connectivity index (χ1v) is 6.14. The van der Waals surface area contributed by atoms with Gasteiger partial charge in [-0.2, -0.15) is 0 Å². The molecule has 2 aromatic rings. The largest absolute Gasteiger partial charge is 0.353 e. The van der Waals surface area contributed by atoms with E-state index in [4.69, 9.17) is 4.74 Å². The van der Waals surface area contributed by atoms with Gasteiger partial charge in [-0.1, -0.05) is 30.3 Å². The summed E-state index contributed by atoms with van der Waals surface area (Å²) in [4.78, 5) is 12.3. The van der Waals surface area contributed by atoms with Crippen molar-refractivity contribution in [2.45, 2.75) is 18.6 Å². The molecule has 0 bridgehead atoms. The number of halogens is 1. The number of carbonyl (C=O) groups excluding carboxylic acids is 1. The molecular formula is C16H13FO2. The minimum absolute atomic E-state index is 0.105. The number of carbonyl (C=O) groups is 1. The minimum atomic E-state index is -0.563. The second-order valence-corrected chi connectivity index (χ2v) is 4.84. The Kier molecular flexibility index (Phi) is 2.72. The summed E-state index contributed by atoms with van der Waals surface area (Å²) in [6, 6.07) is 15.2. The normalized spacial score (nSPS) is 25.1. The summed E-state index contributed by atoms with van der Waals surface area (Å²) in [6.45, 7) is 1.90. The van der Waals surface area contributed by atoms with Crippen LogP contribution in [0.25, 0.3) is 0 Å². The molecule has 0 N–H and O–H groups in total. The maximum Gasteiger partial charge on any atom is 0.194 e. The van der Waals surface area contributed by atoms with E-state index in [1.807, 2.05) is 37.3 Å². The van der Waals surface area contributed by atoms with Gasteiger partial charge in [0.2, 0.25) is 0 Å². The predicted molar refractivity (Wildman–Crippen MR) is 69.4 cm³/mol. The van der Waals surface area contributed by atoms with Gasteiger partial charge < -0.3 is 4.74 Å². The average molecular weight is 256 g/mol. The highest BCUT2D eigenvalue weighted by Gasteiger charge is 2.57. The molecule has 0 amide bonds. The number of ketones is 1. The zero-order valence-electron chi connectivity index (χ0n) is 10.5. The van der Waals surface area contributed by atoms with E-state index in [1.54, 1.807) is 0 Å². The van der Waals surface area contributed by atoms with E-state index in [-0.39, 0.29) is 11.6 Å². The lowest BCUT2D eigenvalue weighted by molar-refractivity contribution is 0.0953. The van der Waals surface area contributed by atoms with Gasteiger partial charge in [-0.25, -0.2) is 4.39 Å². The van der Waals surface area contributed by atoms with E-state index in [0.29, 0.717) is 5.56 Å². The first kappa shape index (κ1) is 12.1. The zero-order chi connectivity index (χ0) is 13.5. The lowest BCUT2D eigenvalue weighted by Gasteiger charge is -2.06. The summed E-state index contributed by atoms with van der Waals surface area (Å²) in [7, 11) is 0. The number of Topliss-reactive ketones (excluding diaryl/α,β-unsaturated/α-hetero) is 1. The maximum absolute atomic E-state index is 12.8. The van der Waals surface area contributed by atoms with E-state index in [9.17, 15) is 9.18 Å². The van der Waals surface area contributed by atoms with Gasteiger partial charge in [-0.15, -0.1) is 0 Å². The SMILES string of the molecule is CC1(c2ccccc2)OC1C(=O)c1ccc(F)cc1. The molecule has 3 heteroatoms. The van der Waals surface area contributed by atoms with Crippen LogP contribution in [0.5, 0.6) is 0 Å². The van der Waals surface area contributed by atoms with Crippen LogP contribution in [0.1, 0.15) is 22.8 Å². The topological polar surface area (TPSA) is 29.6 Å². The van der Waals surface area contributed by atoms with Crippen LogP contribution in [0.2, 0.25) is 0 Å². The highest BCUT2D eigenvalue weighted by atomic mass is 19.1. The third-order valence-electron chi connectivity index (χ3n) is 3.52. The second kappa shape index (κ2) is 4.28. The summed E-state index contributed by atoms with van der Waals surface area (Å²) >= 11 is 0. The number of hydrogen-bond acceptors (Lipinski definition) is 2. The minimum Gasteiger partial charge on any atom is -0.353 e. The Hall–Kier alpha value is -2.00. The Morgan fingerprint density at radius 3 is 2.37 bits per heavy atom. The number of ether oxygens (including phenoxy) is 1. The summed E-state index contributed by atoms with van der Waals surface area (Å²) in [5, 5.41) is 0. The van der Waals surface area contributed by atoms with E-state index in [2.05, 4.69) is 0 Å². The molecule has 1 fully saturated rings. The van der Waals surface area contributed by atoms with Crippen LogP contribution in [0.4, 0.5) is 4.39 Å². The molecule has 19 heavy (non-hydrogen) atoms. The molecule has 3 rings (SSSR count). The lowest BCUT2D eigenvalue weighted by Crippen LogP contribution is -2.16. The second-order valence-electron chi connectivity index (χ2n) is 4.84. The summed E-state index contributed by atoms with van der Waals surface area (Å²) in [5.41, 5.74) is 0.897. The van der Waals surface area contributed by atoms with Crippen LogP contribution in [-0.4, -0.2) is 11.9 Å². The Labute approximate surface area is 110 Å². The van der Waals surface area contributed by atoms with Crippen molar-refractivity contribution >= 4 is 5.78 Å². The molecule has 0 saturated carbocycles. The molecule has 0 aliphatic carbocycles. The van der Waals surface area contributed by atoms with Crippen LogP contribution >= 0.6 is 0 Å². The van der Waals surface area contributed by atoms with Gasteiger partial charge in [0.25, 0.3) is 0 Å². The Balaban J connectivity index is 1.83. The molecular weight excluding hydrogens is 243 g/mol. The van der Waals surface area contributed by atoms with Gasteiger partial charge in [-0.05, 0) is 36.8 Å². The van der Waals surface area contributed by atoms with E-state index < -0.39 is 11.7 Å². The molecule has 2 nitrogen and oxygen atoms in total. The fourth-order valence-corrected chi connectivity index (χ4v) is 2.27. The third-order valence-corrected chi connectivity index (χ3v) is 3.52. The number of hydrogen-bond donors (Lipinski definition) is 0. The van der Waals surface area contributed by atoms with E-state index in [1.165, 1.54) is 24.3 Å². The molecule has 96 valence electrons. The Morgan fingerprint density at radius 2 is 1.74 bits per heavy atom. The molecule has 2 unspecified atom stereocenters. The van der Waals surface area contributed by atoms with Crippen LogP contribution in [0.15, 0.2) is 54.6 Å². The van der Waals surface area contributed by atoms with Gasteiger partial charge in [0, 0.05) is 5.56 Å². The van der Waals surface area contributed by atoms with E-state index >= 15 is 0 Å². The van der Waals surface area contributed by atoms with Crippen LogP contribution in [0, 0.1) is 5.82 Å². The zero-order valence-corrected chi connectivity index (χ0v) is 10.5. The van der Waals surface area contributed by atoms with Gasteiger partial charge in [0.15, 0.2) is 11.9 Å². The summed E-state index contributed by atoms with van der Waals surface area (Å²) in [6.07, 6.45) is -0.486. The first-order chi connectivity index (χ1) is 9.11. The molecule has 2 atom stereocenters. The number of epoxide rings is 1. The smallest absolute Gasteiger partial charge is 0.194 e. The van der Waals surface area contributed by atoms with Crippen LogP contribution in [-0.2, 0) is 10.3 Å². The van der Waals surface area contributed by atoms with Crippen molar-refractivity contribution < 1.29 is 13.9 Å². The van der Waals surface area contributed by atoms with Crippen molar-refractivity contribution in [3.63, 3.8) is 0 Å². The average Bonchev–Trinajstić information content (AvgIpc) is 3.14. The maximum atomic E-state index is 12.8. The molecule has 0 spiro atoms. The van der Waals surface area contributed by atoms with E-state index in [0.717, 1.165) is 5.56 Å². The Bertz CT molecular complexity index is 606. The van der Waals surface area contributed by atoms with Crippen molar-refractivity contribution in [3.05, 3.63) is 71.5 Å². The summed E-state index contributed by atoms with van der Waals surface area (Å²) < 4.78 is 18.4. The van der Waals surface area contributed by atoms with Crippen molar-refractivity contribution in [2.24, 2.45) is 0 Å². The first-order valence-electron chi connectivity index (χ1n) is 6.14. The molecule has 1 saturated heterocycles. The molecule has 2 aromatic carbocycles. The van der Waals surface area contributed by atoms with Crippen molar-refractivity contribution in [1.29, 1.82) is 0 Å². The van der Waals surface area contributed by atoms with Crippen molar-refractivity contribution in [2.75, 3.05) is 0 Å². The molecule has 0 radical (unpaired) electrons. The van der Waals surface area contributed by atoms with Gasteiger partial charge >= 0.3 is 0 Å². The van der Waals surface area contributed by atoms with Crippen molar-refractivity contribution in [1.82, 2.24) is 0 Å². The highest BCUT2D eigenvalue weighted by molar-refractivity contribution is 6.02. The van der Waals surface area contributed by atoms with Gasteiger partial charge in [-0.3, -0.25) is 4.79 Å². The summed E-state index contributed by atoms with van der Waals surface area (Å²) in [5.74, 6) is -0.453. The molecule has 1 heterocycles. The highest BCUT2D eigenvalue weighted by Crippen LogP contribution is 2.47. The monoisotopic (exact) mass is 256 g/mol.